The Morgan fingerprint density at radius 2 is 0.463 bits per heavy atom. The largest absolute Gasteiger partial charge is 0.295 e. The summed E-state index contributed by atoms with van der Waals surface area (Å²) in [6, 6.07) is 8.58. The maximum atomic E-state index is 11.9. The number of hydrogen-bond donors (Lipinski definition) is 0. The van der Waals surface area contributed by atoms with Crippen LogP contribution in [0, 0.1) is 51.4 Å². The van der Waals surface area contributed by atoms with Gasteiger partial charge in [-0.05, 0) is 239 Å². The summed E-state index contributed by atoms with van der Waals surface area (Å²) in [5, 5.41) is 0. The molecule has 0 N–H and O–H groups in total. The molecular formula is C72H100Br4O4. The van der Waals surface area contributed by atoms with Crippen molar-refractivity contribution in [1.82, 2.24) is 0 Å². The Bertz CT molecular complexity index is 2750. The quantitative estimate of drug-likeness (QED) is 0.191. The molecule has 4 aliphatic rings. The molecule has 0 aliphatic heterocycles. The Balaban J connectivity index is 0.000000196. The zero-order valence-electron chi connectivity index (χ0n) is 54.6. The molecule has 4 aliphatic carbocycles. The van der Waals surface area contributed by atoms with E-state index in [-0.39, 0.29) is 66.5 Å². The van der Waals surface area contributed by atoms with Crippen LogP contribution in [-0.4, -0.2) is 23.1 Å². The molecule has 0 saturated heterocycles. The molecule has 0 radical (unpaired) electrons. The van der Waals surface area contributed by atoms with Gasteiger partial charge in [0.15, 0.2) is 23.1 Å². The highest BCUT2D eigenvalue weighted by atomic mass is 79.9. The van der Waals surface area contributed by atoms with Crippen LogP contribution in [-0.2, 0) is 43.3 Å². The number of fused-ring (bicyclic) bond motifs is 4. The summed E-state index contributed by atoms with van der Waals surface area (Å²) in [6.45, 7) is 61.1. The SMILES string of the molecule is CC(=O)c1cc2c(c(Br)c1C)C(C)(C)[C@@H](C)CC2(C)C.CC(=O)c1cc2c(c(Br)c1C)C(C)(C)[C@@H](C)CC2(C)C.CC(=O)c1cc2c(c(Br)c1C)C(C)(C)[C@H](C)CC2(C)C.CC(=O)c1cc2c(c(Br)c1C)C(C)(C)[C@H](C)CC2(C)C. The lowest BCUT2D eigenvalue weighted by Crippen LogP contribution is -2.41. The van der Waals surface area contributed by atoms with Crippen LogP contribution in [0.15, 0.2) is 42.2 Å². The van der Waals surface area contributed by atoms with Crippen LogP contribution in [0.5, 0.6) is 0 Å². The van der Waals surface area contributed by atoms with Crippen molar-refractivity contribution >= 4 is 86.9 Å². The van der Waals surface area contributed by atoms with Gasteiger partial charge in [0.25, 0.3) is 0 Å². The van der Waals surface area contributed by atoms with Gasteiger partial charge in [0, 0.05) is 40.1 Å². The summed E-state index contributed by atoms with van der Waals surface area (Å²) < 4.78 is 4.52. The fourth-order valence-corrected chi connectivity index (χ4v) is 18.4. The third-order valence-electron chi connectivity index (χ3n) is 21.2. The van der Waals surface area contributed by atoms with Crippen LogP contribution >= 0.6 is 63.7 Å². The predicted molar refractivity (Wildman–Crippen MR) is 355 cm³/mol. The maximum Gasteiger partial charge on any atom is 0.160 e. The molecule has 0 fully saturated rings. The van der Waals surface area contributed by atoms with Gasteiger partial charge in [-0.15, -0.1) is 0 Å². The molecular weight excluding hydrogens is 1250 g/mol. The van der Waals surface area contributed by atoms with Crippen molar-refractivity contribution in [2.75, 3.05) is 0 Å². The third kappa shape index (κ3) is 12.2. The van der Waals surface area contributed by atoms with Gasteiger partial charge < -0.3 is 0 Å². The molecule has 4 atom stereocenters. The molecule has 0 amide bonds. The van der Waals surface area contributed by atoms with E-state index in [1.807, 2.05) is 27.7 Å². The molecule has 0 unspecified atom stereocenters. The number of Topliss-reactive ketones (excluding diaryl/α,β-unsaturated/α-hetero) is 4. The second-order valence-corrected chi connectivity index (χ2v) is 33.4. The summed E-state index contributed by atoms with van der Waals surface area (Å²) >= 11 is 15.2. The first-order chi connectivity index (χ1) is 36.0. The van der Waals surface area contributed by atoms with Gasteiger partial charge in [0.2, 0.25) is 0 Å². The molecule has 4 aromatic carbocycles. The number of ketones is 4. The van der Waals surface area contributed by atoms with E-state index >= 15 is 0 Å². The molecule has 0 aromatic heterocycles. The van der Waals surface area contributed by atoms with E-state index in [4.69, 9.17) is 0 Å². The smallest absolute Gasteiger partial charge is 0.160 e. The standard InChI is InChI=1S/4C18H25BrO/c4*1-10-9-17(4,5)14-8-13(12(3)20)11(2)16(19)15(14)18(10,6)7/h4*8,10H,9H2,1-7H3/t4*10-/m1100/s1. The van der Waals surface area contributed by atoms with Crippen molar-refractivity contribution < 1.29 is 19.2 Å². The monoisotopic (exact) mass is 1340 g/mol. The summed E-state index contributed by atoms with van der Waals surface area (Å²) in [7, 11) is 0. The lowest BCUT2D eigenvalue weighted by Gasteiger charge is -2.47. The van der Waals surface area contributed by atoms with Crippen LogP contribution in [0.4, 0.5) is 0 Å². The first kappa shape index (κ1) is 68.3. The number of carbonyl (C=O) groups excluding carboxylic acids is 4. The van der Waals surface area contributed by atoms with E-state index in [0.717, 1.165) is 88.1 Å². The highest BCUT2D eigenvalue weighted by molar-refractivity contribution is 9.11. The molecule has 8 heteroatoms. The molecule has 0 heterocycles. The van der Waals surface area contributed by atoms with Gasteiger partial charge in [0.1, 0.15) is 0 Å². The predicted octanol–water partition coefficient (Wildman–Crippen LogP) is 22.2. The van der Waals surface area contributed by atoms with E-state index < -0.39 is 0 Å². The summed E-state index contributed by atoms with van der Waals surface area (Å²) in [4.78, 5) is 47.7. The Morgan fingerprint density at radius 3 is 0.588 bits per heavy atom. The molecule has 440 valence electrons. The first-order valence-electron chi connectivity index (χ1n) is 29.4. The lowest BCUT2D eigenvalue weighted by atomic mass is 9.58. The zero-order chi connectivity index (χ0) is 61.8. The van der Waals surface area contributed by atoms with Crippen molar-refractivity contribution in [2.24, 2.45) is 23.7 Å². The van der Waals surface area contributed by atoms with E-state index in [0.29, 0.717) is 23.7 Å². The van der Waals surface area contributed by atoms with Crippen molar-refractivity contribution in [3.63, 3.8) is 0 Å². The minimum absolute atomic E-state index is 0.116. The topological polar surface area (TPSA) is 68.3 Å². The summed E-state index contributed by atoms with van der Waals surface area (Å²) in [6.07, 6.45) is 4.61. The van der Waals surface area contributed by atoms with Gasteiger partial charge in [-0.25, -0.2) is 0 Å². The second-order valence-electron chi connectivity index (χ2n) is 30.2. The summed E-state index contributed by atoms with van der Waals surface area (Å²) in [5.74, 6) is 3.06. The van der Waals surface area contributed by atoms with Gasteiger partial charge in [-0.3, -0.25) is 19.2 Å². The van der Waals surface area contributed by atoms with Crippen molar-refractivity contribution in [1.29, 1.82) is 0 Å². The fraction of sp³-hybridized carbons (Fsp3) is 0.611. The number of halogens is 4. The highest BCUT2D eigenvalue weighted by Crippen LogP contribution is 2.57. The molecule has 0 bridgehead atoms. The molecule has 4 aromatic rings. The Hall–Kier alpha value is -2.52. The average Bonchev–Trinajstić information content (AvgIpc) is 3.29. The van der Waals surface area contributed by atoms with Crippen LogP contribution in [0.3, 0.4) is 0 Å². The van der Waals surface area contributed by atoms with Crippen LogP contribution < -0.4 is 0 Å². The number of carbonyl (C=O) groups is 4. The molecule has 8 rings (SSSR count). The van der Waals surface area contributed by atoms with Crippen LogP contribution in [0.1, 0.15) is 300 Å². The number of benzene rings is 4. The van der Waals surface area contributed by atoms with E-state index in [1.165, 1.54) is 44.5 Å². The maximum absolute atomic E-state index is 11.9. The average molecular weight is 1350 g/mol. The Kier molecular flexibility index (Phi) is 19.7. The van der Waals surface area contributed by atoms with Gasteiger partial charge in [0.05, 0.1) is 0 Å². The van der Waals surface area contributed by atoms with Gasteiger partial charge >= 0.3 is 0 Å². The van der Waals surface area contributed by atoms with Gasteiger partial charge in [-0.2, -0.15) is 0 Å². The van der Waals surface area contributed by atoms with Crippen LogP contribution in [0.25, 0.3) is 0 Å². The Morgan fingerprint density at radius 1 is 0.325 bits per heavy atom. The summed E-state index contributed by atoms with van der Waals surface area (Å²) in [5.41, 5.74) is 19.6. The van der Waals surface area contributed by atoms with E-state index in [9.17, 15) is 19.2 Å². The second kappa shape index (κ2) is 23.1. The number of hydrogen-bond acceptors (Lipinski definition) is 4. The fourth-order valence-electron chi connectivity index (χ4n) is 14.6. The van der Waals surface area contributed by atoms with E-state index in [1.54, 1.807) is 27.7 Å². The first-order valence-corrected chi connectivity index (χ1v) is 32.6. The normalized spacial score (nSPS) is 23.3. The molecule has 4 nitrogen and oxygen atoms in total. The lowest BCUT2D eigenvalue weighted by molar-refractivity contribution is 0.100. The minimum atomic E-state index is 0.116. The van der Waals surface area contributed by atoms with Crippen LogP contribution in [0.2, 0.25) is 0 Å². The number of rotatable bonds is 4. The van der Waals surface area contributed by atoms with Crippen molar-refractivity contribution in [3.05, 3.63) is 131 Å². The van der Waals surface area contributed by atoms with Gasteiger partial charge in [-0.1, -0.05) is 202 Å². The molecule has 80 heavy (non-hydrogen) atoms. The zero-order valence-corrected chi connectivity index (χ0v) is 60.9. The van der Waals surface area contributed by atoms with Crippen molar-refractivity contribution in [2.45, 2.75) is 263 Å². The van der Waals surface area contributed by atoms with E-state index in [2.05, 4.69) is 226 Å². The highest BCUT2D eigenvalue weighted by Gasteiger charge is 2.48. The third-order valence-corrected chi connectivity index (χ3v) is 25.2. The molecule has 0 spiro atoms. The molecule has 0 saturated carbocycles. The Labute approximate surface area is 519 Å². The minimum Gasteiger partial charge on any atom is -0.295 e. The van der Waals surface area contributed by atoms with Crippen molar-refractivity contribution in [3.8, 4) is 0 Å².